The Balaban J connectivity index is 1.37. The van der Waals surface area contributed by atoms with E-state index in [2.05, 4.69) is 39.7 Å². The molecule has 1 aromatic carbocycles. The van der Waals surface area contributed by atoms with Crippen LogP contribution in [0.2, 0.25) is 0 Å². The number of rotatable bonds is 6. The van der Waals surface area contributed by atoms with E-state index in [1.807, 2.05) is 23.4 Å². The van der Waals surface area contributed by atoms with Crippen molar-refractivity contribution in [2.75, 3.05) is 5.32 Å². The van der Waals surface area contributed by atoms with Crippen molar-refractivity contribution in [2.24, 2.45) is 0 Å². The Bertz CT molecular complexity index is 882. The molecule has 6 nitrogen and oxygen atoms in total. The number of fused-ring (bicyclic) bond motifs is 1. The third-order valence-electron chi connectivity index (χ3n) is 4.50. The SMILES string of the molecule is CC(=O)N(Cc1ccc(NCc2cnc3ccnn3c2)cc1)C1CC1. The smallest absolute Gasteiger partial charge is 0.219 e. The predicted molar refractivity (Wildman–Crippen MR) is 96.0 cm³/mol. The molecule has 1 aliphatic rings. The van der Waals surface area contributed by atoms with Crippen LogP contribution in [0.3, 0.4) is 0 Å². The summed E-state index contributed by atoms with van der Waals surface area (Å²) in [5.74, 6) is 0.159. The fourth-order valence-corrected chi connectivity index (χ4v) is 2.95. The zero-order valence-corrected chi connectivity index (χ0v) is 14.2. The van der Waals surface area contributed by atoms with Crippen molar-refractivity contribution in [2.45, 2.75) is 38.9 Å². The van der Waals surface area contributed by atoms with Crippen molar-refractivity contribution in [3.63, 3.8) is 0 Å². The van der Waals surface area contributed by atoms with Gasteiger partial charge >= 0.3 is 0 Å². The molecule has 0 bridgehead atoms. The fourth-order valence-electron chi connectivity index (χ4n) is 2.95. The highest BCUT2D eigenvalue weighted by atomic mass is 16.2. The van der Waals surface area contributed by atoms with Gasteiger partial charge in [-0.05, 0) is 30.5 Å². The van der Waals surface area contributed by atoms with Gasteiger partial charge in [0.1, 0.15) is 0 Å². The Hall–Kier alpha value is -2.89. The number of anilines is 1. The van der Waals surface area contributed by atoms with Crippen LogP contribution < -0.4 is 5.32 Å². The molecule has 0 atom stereocenters. The highest BCUT2D eigenvalue weighted by molar-refractivity contribution is 5.74. The maximum absolute atomic E-state index is 11.7. The molecule has 1 saturated carbocycles. The van der Waals surface area contributed by atoms with Gasteiger partial charge in [0.05, 0.1) is 6.20 Å². The molecule has 0 saturated heterocycles. The predicted octanol–water partition coefficient (Wildman–Crippen LogP) is 2.85. The normalized spacial score (nSPS) is 13.8. The number of carbonyl (C=O) groups is 1. The van der Waals surface area contributed by atoms with Crippen molar-refractivity contribution >= 4 is 17.2 Å². The molecule has 0 aliphatic heterocycles. The molecule has 2 aromatic heterocycles. The van der Waals surface area contributed by atoms with Crippen LogP contribution in [0.15, 0.2) is 48.9 Å². The lowest BCUT2D eigenvalue weighted by molar-refractivity contribution is -0.130. The monoisotopic (exact) mass is 335 g/mol. The number of hydrogen-bond acceptors (Lipinski definition) is 4. The summed E-state index contributed by atoms with van der Waals surface area (Å²) in [4.78, 5) is 18.1. The van der Waals surface area contributed by atoms with Crippen LogP contribution >= 0.6 is 0 Å². The van der Waals surface area contributed by atoms with Gasteiger partial charge in [0.25, 0.3) is 0 Å². The van der Waals surface area contributed by atoms with Crippen molar-refractivity contribution in [3.8, 4) is 0 Å². The van der Waals surface area contributed by atoms with E-state index < -0.39 is 0 Å². The average molecular weight is 335 g/mol. The first-order valence-electron chi connectivity index (χ1n) is 8.57. The minimum atomic E-state index is 0.159. The van der Waals surface area contributed by atoms with E-state index in [9.17, 15) is 4.79 Å². The number of amides is 1. The molecular formula is C19H21N5O. The summed E-state index contributed by atoms with van der Waals surface area (Å²) < 4.78 is 1.77. The van der Waals surface area contributed by atoms with Gasteiger partial charge in [-0.2, -0.15) is 5.10 Å². The van der Waals surface area contributed by atoms with Gasteiger partial charge in [0.15, 0.2) is 5.65 Å². The van der Waals surface area contributed by atoms with E-state index in [-0.39, 0.29) is 5.91 Å². The second-order valence-corrected chi connectivity index (χ2v) is 6.52. The number of hydrogen-bond donors (Lipinski definition) is 1. The summed E-state index contributed by atoms with van der Waals surface area (Å²) in [6.07, 6.45) is 7.84. The highest BCUT2D eigenvalue weighted by Crippen LogP contribution is 2.28. The summed E-state index contributed by atoms with van der Waals surface area (Å²) in [5.41, 5.74) is 4.12. The second-order valence-electron chi connectivity index (χ2n) is 6.52. The van der Waals surface area contributed by atoms with E-state index in [4.69, 9.17) is 0 Å². The zero-order valence-electron chi connectivity index (χ0n) is 14.2. The van der Waals surface area contributed by atoms with E-state index >= 15 is 0 Å². The van der Waals surface area contributed by atoms with Crippen LogP contribution in [-0.2, 0) is 17.9 Å². The largest absolute Gasteiger partial charge is 0.381 e. The lowest BCUT2D eigenvalue weighted by Crippen LogP contribution is -2.30. The van der Waals surface area contributed by atoms with Gasteiger partial charge in [-0.25, -0.2) is 9.50 Å². The van der Waals surface area contributed by atoms with Gasteiger partial charge in [-0.3, -0.25) is 4.79 Å². The maximum atomic E-state index is 11.7. The molecule has 6 heteroatoms. The molecule has 1 fully saturated rings. The minimum absolute atomic E-state index is 0.159. The molecule has 0 radical (unpaired) electrons. The standard InChI is InChI=1S/C19H21N5O/c1-14(25)23(18-6-7-18)12-15-2-4-17(5-3-15)20-10-16-11-21-19-8-9-22-24(19)13-16/h2-5,8-9,11,13,18,20H,6-7,10,12H2,1H3. The summed E-state index contributed by atoms with van der Waals surface area (Å²) in [7, 11) is 0. The Morgan fingerprint density at radius 2 is 2.04 bits per heavy atom. The van der Waals surface area contributed by atoms with E-state index in [0.29, 0.717) is 19.1 Å². The molecule has 128 valence electrons. The quantitative estimate of drug-likeness (QED) is 0.752. The summed E-state index contributed by atoms with van der Waals surface area (Å²) in [5, 5.41) is 7.60. The van der Waals surface area contributed by atoms with Crippen molar-refractivity contribution in [1.29, 1.82) is 0 Å². The third kappa shape index (κ3) is 3.63. The third-order valence-corrected chi connectivity index (χ3v) is 4.50. The number of nitrogens with zero attached hydrogens (tertiary/aromatic N) is 4. The molecule has 4 rings (SSSR count). The number of aromatic nitrogens is 3. The number of nitrogens with one attached hydrogen (secondary N) is 1. The van der Waals surface area contributed by atoms with Crippen LogP contribution in [-0.4, -0.2) is 31.4 Å². The van der Waals surface area contributed by atoms with Crippen molar-refractivity contribution in [3.05, 3.63) is 60.0 Å². The molecule has 0 spiro atoms. The van der Waals surface area contributed by atoms with E-state index in [0.717, 1.165) is 35.3 Å². The lowest BCUT2D eigenvalue weighted by atomic mass is 10.2. The Morgan fingerprint density at radius 3 is 2.76 bits per heavy atom. The van der Waals surface area contributed by atoms with Crippen LogP contribution in [0.1, 0.15) is 30.9 Å². The molecule has 3 aromatic rings. The number of benzene rings is 1. The topological polar surface area (TPSA) is 62.5 Å². The Labute approximate surface area is 146 Å². The molecule has 2 heterocycles. The van der Waals surface area contributed by atoms with Gasteiger partial charge in [-0.1, -0.05) is 12.1 Å². The average Bonchev–Trinajstić information content (AvgIpc) is 3.35. The Morgan fingerprint density at radius 1 is 1.24 bits per heavy atom. The van der Waals surface area contributed by atoms with Gasteiger partial charge in [0, 0.05) is 55.8 Å². The molecule has 0 unspecified atom stereocenters. The zero-order chi connectivity index (χ0) is 17.2. The lowest BCUT2D eigenvalue weighted by Gasteiger charge is -2.20. The molecule has 1 aliphatic carbocycles. The summed E-state index contributed by atoms with van der Waals surface area (Å²) in [6.45, 7) is 3.03. The van der Waals surface area contributed by atoms with Crippen LogP contribution in [0.4, 0.5) is 5.69 Å². The van der Waals surface area contributed by atoms with Crippen LogP contribution in [0, 0.1) is 0 Å². The minimum Gasteiger partial charge on any atom is -0.381 e. The van der Waals surface area contributed by atoms with Crippen molar-refractivity contribution in [1.82, 2.24) is 19.5 Å². The highest BCUT2D eigenvalue weighted by Gasteiger charge is 2.30. The second kappa shape index (κ2) is 6.55. The molecule has 1 amide bonds. The van der Waals surface area contributed by atoms with Crippen LogP contribution in [0.5, 0.6) is 0 Å². The van der Waals surface area contributed by atoms with Gasteiger partial charge < -0.3 is 10.2 Å². The summed E-state index contributed by atoms with van der Waals surface area (Å²) in [6, 6.07) is 10.6. The first kappa shape index (κ1) is 15.6. The molecule has 25 heavy (non-hydrogen) atoms. The van der Waals surface area contributed by atoms with Gasteiger partial charge in [-0.15, -0.1) is 0 Å². The fraction of sp³-hybridized carbons (Fsp3) is 0.316. The van der Waals surface area contributed by atoms with E-state index in [1.165, 1.54) is 0 Å². The molecule has 1 N–H and O–H groups in total. The van der Waals surface area contributed by atoms with E-state index in [1.54, 1.807) is 17.6 Å². The number of carbonyl (C=O) groups excluding carboxylic acids is 1. The van der Waals surface area contributed by atoms with Crippen LogP contribution in [0.25, 0.3) is 5.65 Å². The molecular weight excluding hydrogens is 314 g/mol. The maximum Gasteiger partial charge on any atom is 0.219 e. The first-order valence-corrected chi connectivity index (χ1v) is 8.57. The van der Waals surface area contributed by atoms with Gasteiger partial charge in [0.2, 0.25) is 5.91 Å². The van der Waals surface area contributed by atoms with Crippen molar-refractivity contribution < 1.29 is 4.79 Å². The first-order chi connectivity index (χ1) is 12.2. The Kier molecular flexibility index (Phi) is 4.09. The summed E-state index contributed by atoms with van der Waals surface area (Å²) >= 11 is 0.